The lowest BCUT2D eigenvalue weighted by molar-refractivity contribution is -0.131. The zero-order chi connectivity index (χ0) is 23.4. The number of piperidine rings is 1. The maximum absolute atomic E-state index is 13.0. The van der Waals surface area contributed by atoms with Crippen molar-refractivity contribution in [2.24, 2.45) is 0 Å². The molecule has 2 amide bonds. The van der Waals surface area contributed by atoms with E-state index in [-0.39, 0.29) is 41.4 Å². The van der Waals surface area contributed by atoms with Crippen LogP contribution in [0.1, 0.15) is 50.4 Å². The smallest absolute Gasteiger partial charge is 0.374 e. The lowest BCUT2D eigenvalue weighted by atomic mass is 9.97. The first-order valence-corrected chi connectivity index (χ1v) is 11.3. The highest BCUT2D eigenvalue weighted by atomic mass is 32.1. The van der Waals surface area contributed by atoms with Gasteiger partial charge < -0.3 is 14.1 Å². The van der Waals surface area contributed by atoms with Crippen molar-refractivity contribution in [1.29, 1.82) is 0 Å². The number of methoxy groups -OCH3 is 1. The van der Waals surface area contributed by atoms with E-state index in [9.17, 15) is 18.8 Å². The summed E-state index contributed by atoms with van der Waals surface area (Å²) < 4.78 is 22.9. The van der Waals surface area contributed by atoms with E-state index in [1.165, 1.54) is 42.7 Å². The van der Waals surface area contributed by atoms with Gasteiger partial charge in [0.1, 0.15) is 11.5 Å². The van der Waals surface area contributed by atoms with Crippen molar-refractivity contribution in [2.45, 2.75) is 25.2 Å². The Morgan fingerprint density at radius 1 is 1.18 bits per heavy atom. The molecule has 3 aromatic rings. The van der Waals surface area contributed by atoms with Crippen LogP contribution in [0.3, 0.4) is 0 Å². The lowest BCUT2D eigenvalue weighted by Gasteiger charge is -2.31. The molecule has 1 N–H and O–H groups in total. The Bertz CT molecular complexity index is 1150. The molecule has 0 aliphatic carbocycles. The highest BCUT2D eigenvalue weighted by Gasteiger charge is 2.26. The molecule has 1 aliphatic rings. The summed E-state index contributed by atoms with van der Waals surface area (Å²) in [5.41, 5.74) is 1.05. The van der Waals surface area contributed by atoms with Gasteiger partial charge in [0.25, 0.3) is 5.91 Å². The van der Waals surface area contributed by atoms with E-state index in [1.54, 1.807) is 17.5 Å². The maximum atomic E-state index is 13.0. The fraction of sp³-hybridized carbons (Fsp3) is 0.304. The third kappa shape index (κ3) is 5.46. The number of carbonyl (C=O) groups is 3. The second kappa shape index (κ2) is 9.95. The number of anilines is 1. The minimum absolute atomic E-state index is 0.00694. The van der Waals surface area contributed by atoms with Crippen LogP contribution < -0.4 is 5.32 Å². The molecule has 0 spiro atoms. The molecule has 1 aromatic carbocycles. The van der Waals surface area contributed by atoms with Crippen LogP contribution in [0.5, 0.6) is 0 Å². The second-order valence-corrected chi connectivity index (χ2v) is 8.53. The first kappa shape index (κ1) is 22.7. The number of thiazole rings is 1. The molecule has 0 saturated carbocycles. The Labute approximate surface area is 193 Å². The van der Waals surface area contributed by atoms with Crippen LogP contribution in [0.4, 0.5) is 10.3 Å². The number of nitrogens with zero attached hydrogens (tertiary/aromatic N) is 2. The van der Waals surface area contributed by atoms with E-state index in [0.717, 1.165) is 23.4 Å². The molecule has 0 unspecified atom stereocenters. The molecule has 0 bridgehead atoms. The van der Waals surface area contributed by atoms with E-state index >= 15 is 0 Å². The summed E-state index contributed by atoms with van der Waals surface area (Å²) in [6.07, 6.45) is 1.76. The topological polar surface area (TPSA) is 102 Å². The van der Waals surface area contributed by atoms with Gasteiger partial charge in [-0.15, -0.1) is 11.3 Å². The van der Waals surface area contributed by atoms with Crippen molar-refractivity contribution in [3.05, 3.63) is 69.6 Å². The fourth-order valence-corrected chi connectivity index (χ4v) is 4.61. The van der Waals surface area contributed by atoms with Crippen LogP contribution in [0, 0.1) is 5.82 Å². The second-order valence-electron chi connectivity index (χ2n) is 7.64. The number of benzene rings is 1. The molecule has 2 aromatic heterocycles. The predicted octanol–water partition coefficient (Wildman–Crippen LogP) is 3.86. The summed E-state index contributed by atoms with van der Waals surface area (Å²) in [4.78, 5) is 42.8. The van der Waals surface area contributed by atoms with Gasteiger partial charge in [0, 0.05) is 30.5 Å². The standard InChI is InChI=1S/C23H22FN3O5S/c1-31-23(30)18-6-7-19(32-18)26-21(29)17-13-33-22(25-17)15-8-10-27(11-9-15)20(28)12-14-2-4-16(24)5-3-14/h2-7,13,15H,8-12H2,1H3,(H,26,29). The first-order valence-electron chi connectivity index (χ1n) is 10.4. The minimum atomic E-state index is -0.631. The number of halogens is 1. The molecular formula is C23H22FN3O5S. The van der Waals surface area contributed by atoms with Crippen LogP contribution in [-0.2, 0) is 16.0 Å². The molecule has 8 nitrogen and oxygen atoms in total. The Kier molecular flexibility index (Phi) is 6.83. The molecule has 0 radical (unpaired) electrons. The molecule has 33 heavy (non-hydrogen) atoms. The lowest BCUT2D eigenvalue weighted by Crippen LogP contribution is -2.38. The summed E-state index contributed by atoms with van der Waals surface area (Å²) in [5, 5.41) is 5.11. The van der Waals surface area contributed by atoms with E-state index in [1.807, 2.05) is 4.90 Å². The SMILES string of the molecule is COC(=O)c1ccc(NC(=O)c2csc(C3CCN(C(=O)Cc4ccc(F)cc4)CC3)n2)o1. The Morgan fingerprint density at radius 2 is 1.91 bits per heavy atom. The Balaban J connectivity index is 1.29. The van der Waals surface area contributed by atoms with Gasteiger partial charge in [-0.2, -0.15) is 0 Å². The van der Waals surface area contributed by atoms with Crippen LogP contribution >= 0.6 is 11.3 Å². The summed E-state index contributed by atoms with van der Waals surface area (Å²) in [5.74, 6) is -1.08. The first-order chi connectivity index (χ1) is 15.9. The van der Waals surface area contributed by atoms with E-state index in [2.05, 4.69) is 15.0 Å². The monoisotopic (exact) mass is 471 g/mol. The van der Waals surface area contributed by atoms with E-state index in [4.69, 9.17) is 4.42 Å². The van der Waals surface area contributed by atoms with Crippen molar-refractivity contribution in [1.82, 2.24) is 9.88 Å². The quantitative estimate of drug-likeness (QED) is 0.548. The number of carbonyl (C=O) groups excluding carboxylic acids is 3. The number of nitrogens with one attached hydrogen (secondary N) is 1. The van der Waals surface area contributed by atoms with Crippen molar-refractivity contribution < 1.29 is 27.9 Å². The molecule has 10 heteroatoms. The number of esters is 1. The van der Waals surface area contributed by atoms with Gasteiger partial charge in [-0.25, -0.2) is 14.2 Å². The highest BCUT2D eigenvalue weighted by Crippen LogP contribution is 2.31. The fourth-order valence-electron chi connectivity index (χ4n) is 3.64. The molecular weight excluding hydrogens is 449 g/mol. The molecule has 1 fully saturated rings. The number of likely N-dealkylation sites (tertiary alicyclic amines) is 1. The number of hydrogen-bond acceptors (Lipinski definition) is 7. The number of aromatic nitrogens is 1. The van der Waals surface area contributed by atoms with Crippen molar-refractivity contribution in [2.75, 3.05) is 25.5 Å². The average Bonchev–Trinajstić information content (AvgIpc) is 3.50. The van der Waals surface area contributed by atoms with E-state index < -0.39 is 11.9 Å². The Morgan fingerprint density at radius 3 is 2.61 bits per heavy atom. The van der Waals surface area contributed by atoms with Crippen LogP contribution in [0.15, 0.2) is 46.2 Å². The Hall–Kier alpha value is -3.53. The summed E-state index contributed by atoms with van der Waals surface area (Å²) in [6, 6.07) is 8.85. The number of rotatable bonds is 6. The molecule has 172 valence electrons. The maximum Gasteiger partial charge on any atom is 0.374 e. The third-order valence-electron chi connectivity index (χ3n) is 5.45. The third-order valence-corrected chi connectivity index (χ3v) is 6.46. The van der Waals surface area contributed by atoms with E-state index in [0.29, 0.717) is 13.1 Å². The van der Waals surface area contributed by atoms with Crippen LogP contribution in [0.2, 0.25) is 0 Å². The van der Waals surface area contributed by atoms with Crippen molar-refractivity contribution >= 4 is 35.0 Å². The number of hydrogen-bond donors (Lipinski definition) is 1. The van der Waals surface area contributed by atoms with Gasteiger partial charge in [0.15, 0.2) is 0 Å². The summed E-state index contributed by atoms with van der Waals surface area (Å²) >= 11 is 1.41. The van der Waals surface area contributed by atoms with Crippen molar-refractivity contribution in [3.63, 3.8) is 0 Å². The molecule has 3 heterocycles. The molecule has 0 atom stereocenters. The number of amides is 2. The zero-order valence-electron chi connectivity index (χ0n) is 17.9. The largest absolute Gasteiger partial charge is 0.463 e. The minimum Gasteiger partial charge on any atom is -0.463 e. The molecule has 4 rings (SSSR count). The van der Waals surface area contributed by atoms with Gasteiger partial charge in [-0.05, 0) is 36.6 Å². The average molecular weight is 472 g/mol. The van der Waals surface area contributed by atoms with Gasteiger partial charge in [0.2, 0.25) is 17.6 Å². The van der Waals surface area contributed by atoms with Gasteiger partial charge in [-0.1, -0.05) is 12.1 Å². The predicted molar refractivity (Wildman–Crippen MR) is 119 cm³/mol. The summed E-state index contributed by atoms with van der Waals surface area (Å²) in [7, 11) is 1.24. The summed E-state index contributed by atoms with van der Waals surface area (Å²) in [6.45, 7) is 1.21. The number of ether oxygens (including phenoxy) is 1. The van der Waals surface area contributed by atoms with Crippen LogP contribution in [-0.4, -0.2) is 47.9 Å². The highest BCUT2D eigenvalue weighted by molar-refractivity contribution is 7.10. The molecule has 1 saturated heterocycles. The van der Waals surface area contributed by atoms with Crippen LogP contribution in [0.25, 0.3) is 0 Å². The normalized spacial score (nSPS) is 14.2. The van der Waals surface area contributed by atoms with Crippen molar-refractivity contribution in [3.8, 4) is 0 Å². The van der Waals surface area contributed by atoms with Gasteiger partial charge in [0.05, 0.1) is 18.5 Å². The number of furan rings is 1. The molecule has 1 aliphatic heterocycles. The zero-order valence-corrected chi connectivity index (χ0v) is 18.7. The van der Waals surface area contributed by atoms with Gasteiger partial charge >= 0.3 is 5.97 Å². The van der Waals surface area contributed by atoms with Gasteiger partial charge in [-0.3, -0.25) is 14.9 Å².